The zero-order valence-electron chi connectivity index (χ0n) is 13.7. The lowest BCUT2D eigenvalue weighted by molar-refractivity contribution is -0.116. The highest BCUT2D eigenvalue weighted by Crippen LogP contribution is 2.31. The first kappa shape index (κ1) is 16.7. The van der Waals surface area contributed by atoms with Crippen molar-refractivity contribution in [1.29, 1.82) is 0 Å². The largest absolute Gasteiger partial charge is 0.493 e. The lowest BCUT2D eigenvalue weighted by atomic mass is 10.2. The fraction of sp³-hybridized carbons (Fsp3) is 0.278. The van der Waals surface area contributed by atoms with E-state index in [-0.39, 0.29) is 5.91 Å². The molecule has 0 spiro atoms. The highest BCUT2D eigenvalue weighted by Gasteiger charge is 2.05. The number of carbonyl (C=O) groups is 1. The van der Waals surface area contributed by atoms with Gasteiger partial charge in [-0.1, -0.05) is 6.92 Å². The van der Waals surface area contributed by atoms with E-state index in [2.05, 4.69) is 10.6 Å². The first-order valence-electron chi connectivity index (χ1n) is 7.55. The number of amides is 1. The van der Waals surface area contributed by atoms with Gasteiger partial charge in [0.2, 0.25) is 5.91 Å². The Morgan fingerprint density at radius 3 is 2.13 bits per heavy atom. The van der Waals surface area contributed by atoms with Crippen molar-refractivity contribution >= 4 is 23.0 Å². The average Bonchev–Trinajstić information content (AvgIpc) is 2.56. The van der Waals surface area contributed by atoms with E-state index in [1.54, 1.807) is 14.2 Å². The average molecular weight is 314 g/mol. The number of rotatable bonds is 7. The van der Waals surface area contributed by atoms with E-state index in [1.165, 1.54) is 0 Å². The lowest BCUT2D eigenvalue weighted by Crippen LogP contribution is -2.10. The van der Waals surface area contributed by atoms with E-state index in [4.69, 9.17) is 9.47 Å². The van der Waals surface area contributed by atoms with Gasteiger partial charge in [0, 0.05) is 29.5 Å². The first-order chi connectivity index (χ1) is 11.2. The van der Waals surface area contributed by atoms with Crippen LogP contribution in [-0.2, 0) is 4.79 Å². The van der Waals surface area contributed by atoms with Crippen LogP contribution in [0.4, 0.5) is 17.1 Å². The summed E-state index contributed by atoms with van der Waals surface area (Å²) < 4.78 is 10.5. The Balaban J connectivity index is 2.04. The summed E-state index contributed by atoms with van der Waals surface area (Å²) in [6, 6.07) is 13.2. The summed E-state index contributed by atoms with van der Waals surface area (Å²) in [5.41, 5.74) is 2.61. The summed E-state index contributed by atoms with van der Waals surface area (Å²) in [5.74, 6) is 1.39. The molecule has 0 aliphatic rings. The number of methoxy groups -OCH3 is 2. The highest BCUT2D eigenvalue weighted by molar-refractivity contribution is 5.90. The molecule has 2 N–H and O–H groups in total. The van der Waals surface area contributed by atoms with Crippen LogP contribution in [0.1, 0.15) is 19.8 Å². The molecule has 0 heterocycles. The van der Waals surface area contributed by atoms with Gasteiger partial charge in [0.15, 0.2) is 11.5 Å². The molecule has 1 amide bonds. The molecule has 0 unspecified atom stereocenters. The standard InChI is InChI=1S/C18H22N2O3/c1-4-5-18(21)20-14-8-6-13(7-9-14)19-15-10-11-16(22-2)17(12-15)23-3/h6-12,19H,4-5H2,1-3H3,(H,20,21). The Kier molecular flexibility index (Phi) is 5.86. The Hall–Kier alpha value is -2.69. The topological polar surface area (TPSA) is 59.6 Å². The molecular weight excluding hydrogens is 292 g/mol. The summed E-state index contributed by atoms with van der Waals surface area (Å²) in [4.78, 5) is 11.6. The molecule has 0 atom stereocenters. The zero-order chi connectivity index (χ0) is 16.7. The van der Waals surface area contributed by atoms with E-state index in [1.807, 2.05) is 49.4 Å². The molecule has 0 saturated carbocycles. The number of hydrogen-bond acceptors (Lipinski definition) is 4. The molecule has 0 aliphatic carbocycles. The number of hydrogen-bond donors (Lipinski definition) is 2. The van der Waals surface area contributed by atoms with Crippen LogP contribution >= 0.6 is 0 Å². The van der Waals surface area contributed by atoms with Gasteiger partial charge in [-0.15, -0.1) is 0 Å². The van der Waals surface area contributed by atoms with Crippen molar-refractivity contribution in [3.8, 4) is 11.5 Å². The van der Waals surface area contributed by atoms with Crippen molar-refractivity contribution in [2.75, 3.05) is 24.9 Å². The van der Waals surface area contributed by atoms with Gasteiger partial charge in [0.05, 0.1) is 14.2 Å². The zero-order valence-corrected chi connectivity index (χ0v) is 13.7. The van der Waals surface area contributed by atoms with E-state index in [0.717, 1.165) is 23.5 Å². The molecule has 0 radical (unpaired) electrons. The quantitative estimate of drug-likeness (QED) is 0.804. The molecule has 2 rings (SSSR count). The van der Waals surface area contributed by atoms with Crippen LogP contribution in [0.15, 0.2) is 42.5 Å². The molecule has 2 aromatic rings. The van der Waals surface area contributed by atoms with Gasteiger partial charge in [-0.25, -0.2) is 0 Å². The maximum absolute atomic E-state index is 11.6. The minimum absolute atomic E-state index is 0.0353. The van der Waals surface area contributed by atoms with Crippen molar-refractivity contribution in [3.63, 3.8) is 0 Å². The third kappa shape index (κ3) is 4.64. The number of anilines is 3. The highest BCUT2D eigenvalue weighted by atomic mass is 16.5. The van der Waals surface area contributed by atoms with Crippen molar-refractivity contribution in [1.82, 2.24) is 0 Å². The van der Waals surface area contributed by atoms with Crippen LogP contribution < -0.4 is 20.1 Å². The Bertz CT molecular complexity index is 654. The second-order valence-electron chi connectivity index (χ2n) is 5.07. The molecule has 0 aromatic heterocycles. The monoisotopic (exact) mass is 314 g/mol. The number of carbonyl (C=O) groups excluding carboxylic acids is 1. The Morgan fingerprint density at radius 2 is 1.52 bits per heavy atom. The van der Waals surface area contributed by atoms with Crippen LogP contribution in [0, 0.1) is 0 Å². The summed E-state index contributed by atoms with van der Waals surface area (Å²) in [6.07, 6.45) is 1.37. The van der Waals surface area contributed by atoms with Crippen LogP contribution in [0.25, 0.3) is 0 Å². The third-order valence-electron chi connectivity index (χ3n) is 3.32. The van der Waals surface area contributed by atoms with Gasteiger partial charge in [0.25, 0.3) is 0 Å². The summed E-state index contributed by atoms with van der Waals surface area (Å²) >= 11 is 0. The molecule has 2 aromatic carbocycles. The Labute approximate surface area is 136 Å². The molecule has 122 valence electrons. The maximum atomic E-state index is 11.6. The predicted octanol–water partition coefficient (Wildman–Crippen LogP) is 4.19. The minimum atomic E-state index is 0.0353. The van der Waals surface area contributed by atoms with Crippen molar-refractivity contribution in [3.05, 3.63) is 42.5 Å². The SMILES string of the molecule is CCCC(=O)Nc1ccc(Nc2ccc(OC)c(OC)c2)cc1. The van der Waals surface area contributed by atoms with Gasteiger partial charge in [-0.05, 0) is 42.8 Å². The van der Waals surface area contributed by atoms with E-state index in [0.29, 0.717) is 17.9 Å². The van der Waals surface area contributed by atoms with E-state index < -0.39 is 0 Å². The van der Waals surface area contributed by atoms with Crippen LogP contribution in [0.5, 0.6) is 11.5 Å². The molecule has 0 fully saturated rings. The fourth-order valence-electron chi connectivity index (χ4n) is 2.17. The van der Waals surface area contributed by atoms with E-state index in [9.17, 15) is 4.79 Å². The molecule has 5 nitrogen and oxygen atoms in total. The first-order valence-corrected chi connectivity index (χ1v) is 7.55. The molecular formula is C18H22N2O3. The van der Waals surface area contributed by atoms with Gasteiger partial charge < -0.3 is 20.1 Å². The summed E-state index contributed by atoms with van der Waals surface area (Å²) in [5, 5.41) is 6.15. The number of benzene rings is 2. The normalized spacial score (nSPS) is 10.0. The predicted molar refractivity (Wildman–Crippen MR) is 92.8 cm³/mol. The Morgan fingerprint density at radius 1 is 0.913 bits per heavy atom. The van der Waals surface area contributed by atoms with Gasteiger partial charge in [-0.3, -0.25) is 4.79 Å². The number of ether oxygens (including phenoxy) is 2. The molecule has 0 aliphatic heterocycles. The maximum Gasteiger partial charge on any atom is 0.224 e. The van der Waals surface area contributed by atoms with Gasteiger partial charge in [-0.2, -0.15) is 0 Å². The van der Waals surface area contributed by atoms with Gasteiger partial charge in [0.1, 0.15) is 0 Å². The van der Waals surface area contributed by atoms with Crippen molar-refractivity contribution in [2.24, 2.45) is 0 Å². The lowest BCUT2D eigenvalue weighted by Gasteiger charge is -2.12. The fourth-order valence-corrected chi connectivity index (χ4v) is 2.17. The molecule has 5 heteroatoms. The van der Waals surface area contributed by atoms with Gasteiger partial charge >= 0.3 is 0 Å². The minimum Gasteiger partial charge on any atom is -0.493 e. The van der Waals surface area contributed by atoms with E-state index >= 15 is 0 Å². The van der Waals surface area contributed by atoms with Crippen molar-refractivity contribution < 1.29 is 14.3 Å². The van der Waals surface area contributed by atoms with Crippen LogP contribution in [0.2, 0.25) is 0 Å². The third-order valence-corrected chi connectivity index (χ3v) is 3.32. The number of nitrogens with one attached hydrogen (secondary N) is 2. The molecule has 0 bridgehead atoms. The molecule has 23 heavy (non-hydrogen) atoms. The van der Waals surface area contributed by atoms with Crippen LogP contribution in [0.3, 0.4) is 0 Å². The summed E-state index contributed by atoms with van der Waals surface area (Å²) in [6.45, 7) is 1.98. The summed E-state index contributed by atoms with van der Waals surface area (Å²) in [7, 11) is 3.21. The second kappa shape index (κ2) is 8.08. The smallest absolute Gasteiger partial charge is 0.224 e. The second-order valence-corrected chi connectivity index (χ2v) is 5.07. The molecule has 0 saturated heterocycles. The van der Waals surface area contributed by atoms with Crippen molar-refractivity contribution in [2.45, 2.75) is 19.8 Å². The van der Waals surface area contributed by atoms with Crippen LogP contribution in [-0.4, -0.2) is 20.1 Å².